The lowest BCUT2D eigenvalue weighted by atomic mass is 9.48. The summed E-state index contributed by atoms with van der Waals surface area (Å²) in [4.78, 5) is 35.8. The Morgan fingerprint density at radius 3 is 2.69 bits per heavy atom. The fraction of sp³-hybridized carbons (Fsp3) is 0.609. The maximum atomic E-state index is 12.8. The van der Waals surface area contributed by atoms with Crippen molar-refractivity contribution in [2.24, 2.45) is 28.6 Å². The predicted octanol–water partition coefficient (Wildman–Crippen LogP) is 1.90. The molecule has 0 aliphatic heterocycles. The van der Waals surface area contributed by atoms with Crippen LogP contribution >= 0.6 is 0 Å². The van der Waals surface area contributed by atoms with E-state index in [2.05, 4.69) is 0 Å². The Kier molecular flexibility index (Phi) is 4.52. The minimum atomic E-state index is -1.64. The molecule has 0 bridgehead atoms. The van der Waals surface area contributed by atoms with E-state index in [9.17, 15) is 24.6 Å². The molecule has 0 radical (unpaired) electrons. The smallest absolute Gasteiger partial charge is 0.303 e. The number of ether oxygens (including phenoxy) is 1. The molecule has 0 aromatic rings. The van der Waals surface area contributed by atoms with Gasteiger partial charge in [-0.1, -0.05) is 32.1 Å². The van der Waals surface area contributed by atoms with Gasteiger partial charge in [-0.15, -0.1) is 0 Å². The molecular formula is C23H28O6. The summed E-state index contributed by atoms with van der Waals surface area (Å²) in [6.45, 7) is 4.69. The predicted molar refractivity (Wildman–Crippen MR) is 105 cm³/mol. The van der Waals surface area contributed by atoms with Crippen LogP contribution in [-0.4, -0.2) is 46.1 Å². The first-order valence-electron chi connectivity index (χ1n) is 10.2. The number of carbonyl (C=O) groups excluding carboxylic acids is 3. The average Bonchev–Trinajstić information content (AvgIpc) is 2.91. The second-order valence-electron chi connectivity index (χ2n) is 9.48. The molecule has 6 nitrogen and oxygen atoms in total. The average molecular weight is 400 g/mol. The lowest BCUT2D eigenvalue weighted by Gasteiger charge is -2.57. The molecule has 29 heavy (non-hydrogen) atoms. The number of fused-ring (bicyclic) bond motifs is 5. The Labute approximate surface area is 170 Å². The molecule has 4 aliphatic rings. The van der Waals surface area contributed by atoms with Crippen molar-refractivity contribution in [1.82, 2.24) is 0 Å². The molecule has 0 spiro atoms. The van der Waals surface area contributed by atoms with Crippen LogP contribution in [0.5, 0.6) is 0 Å². The van der Waals surface area contributed by atoms with Crippen molar-refractivity contribution in [2.75, 3.05) is 6.61 Å². The van der Waals surface area contributed by atoms with Crippen molar-refractivity contribution in [3.05, 3.63) is 36.0 Å². The van der Waals surface area contributed by atoms with Crippen molar-refractivity contribution in [1.29, 1.82) is 0 Å². The number of aliphatic hydroxyl groups excluding tert-OH is 1. The second kappa shape index (κ2) is 6.47. The topological polar surface area (TPSA) is 101 Å². The molecule has 4 aliphatic carbocycles. The van der Waals surface area contributed by atoms with Crippen molar-refractivity contribution >= 4 is 17.5 Å². The molecule has 2 saturated carbocycles. The Morgan fingerprint density at radius 1 is 1.28 bits per heavy atom. The van der Waals surface area contributed by atoms with E-state index in [0.29, 0.717) is 6.42 Å². The van der Waals surface area contributed by atoms with Gasteiger partial charge in [-0.05, 0) is 48.8 Å². The molecule has 156 valence electrons. The summed E-state index contributed by atoms with van der Waals surface area (Å²) in [5.41, 5.74) is -2.02. The molecule has 7 atom stereocenters. The zero-order valence-corrected chi connectivity index (χ0v) is 17.1. The van der Waals surface area contributed by atoms with E-state index < -0.39 is 40.9 Å². The third-order valence-corrected chi connectivity index (χ3v) is 8.08. The molecular weight excluding hydrogens is 372 g/mol. The van der Waals surface area contributed by atoms with Gasteiger partial charge in [0.25, 0.3) is 0 Å². The summed E-state index contributed by atoms with van der Waals surface area (Å²) in [7, 11) is 0. The monoisotopic (exact) mass is 400 g/mol. The zero-order valence-electron chi connectivity index (χ0n) is 17.1. The highest BCUT2D eigenvalue weighted by Crippen LogP contribution is 2.65. The normalized spacial score (nSPS) is 45.1. The third-order valence-electron chi connectivity index (χ3n) is 8.08. The lowest BCUT2D eigenvalue weighted by molar-refractivity contribution is -0.175. The maximum absolute atomic E-state index is 12.8. The molecule has 2 N–H and O–H groups in total. The number of Topliss-reactive ketones (excluding diaryl/α,β-unsaturated/α-hetero) is 1. The lowest BCUT2D eigenvalue weighted by Crippen LogP contribution is -2.61. The molecule has 0 aromatic heterocycles. The van der Waals surface area contributed by atoms with Gasteiger partial charge in [0.1, 0.15) is 5.60 Å². The number of rotatable bonds is 3. The van der Waals surface area contributed by atoms with Crippen molar-refractivity contribution < 1.29 is 29.3 Å². The summed E-state index contributed by atoms with van der Waals surface area (Å²) in [5.74, 6) is -1.28. The number of carbonyl (C=O) groups is 3. The van der Waals surface area contributed by atoms with Crippen LogP contribution < -0.4 is 0 Å². The summed E-state index contributed by atoms with van der Waals surface area (Å²) in [6.07, 6.45) is 9.54. The van der Waals surface area contributed by atoms with Gasteiger partial charge >= 0.3 is 5.97 Å². The van der Waals surface area contributed by atoms with Gasteiger partial charge in [0.05, 0.1) is 6.10 Å². The summed E-state index contributed by atoms with van der Waals surface area (Å²) >= 11 is 0. The standard InChI is InChI=1S/C23H28O6/c1-13(24)29-12-19(27)23(28)9-7-17-16-5-4-14-10-15(25)6-8-21(14,2)20(16)18(26)11-22(17,23)3/h4-6,8,10,16-18,20,26,28H,7,9,11-12H2,1-3H3/t16-,17+,18-,20+,21-,22-,23-/m0/s1. The highest BCUT2D eigenvalue weighted by atomic mass is 16.5. The van der Waals surface area contributed by atoms with Gasteiger partial charge in [0.15, 0.2) is 12.4 Å². The molecule has 0 saturated heterocycles. The van der Waals surface area contributed by atoms with Gasteiger partial charge < -0.3 is 14.9 Å². The van der Waals surface area contributed by atoms with Crippen LogP contribution in [0, 0.1) is 28.6 Å². The van der Waals surface area contributed by atoms with E-state index in [1.165, 1.54) is 6.92 Å². The first kappa shape index (κ1) is 20.2. The summed E-state index contributed by atoms with van der Waals surface area (Å²) in [6, 6.07) is 0. The molecule has 0 heterocycles. The maximum Gasteiger partial charge on any atom is 0.303 e. The highest BCUT2D eigenvalue weighted by molar-refractivity contribution is 6.01. The quantitative estimate of drug-likeness (QED) is 0.702. The number of hydrogen-bond donors (Lipinski definition) is 2. The van der Waals surface area contributed by atoms with Crippen molar-refractivity contribution in [3.63, 3.8) is 0 Å². The number of ketones is 2. The van der Waals surface area contributed by atoms with Gasteiger partial charge in [0, 0.05) is 23.7 Å². The Bertz CT molecular complexity index is 869. The minimum Gasteiger partial charge on any atom is -0.458 e. The Balaban J connectivity index is 1.70. The Morgan fingerprint density at radius 2 is 2.00 bits per heavy atom. The fourth-order valence-corrected chi connectivity index (χ4v) is 6.53. The fourth-order valence-electron chi connectivity index (χ4n) is 6.53. The zero-order chi connectivity index (χ0) is 21.2. The molecule has 0 unspecified atom stereocenters. The molecule has 0 amide bonds. The van der Waals surface area contributed by atoms with Crippen molar-refractivity contribution in [3.8, 4) is 0 Å². The van der Waals surface area contributed by atoms with Gasteiger partial charge in [-0.25, -0.2) is 0 Å². The number of allylic oxidation sites excluding steroid dienone is 6. The molecule has 2 fully saturated rings. The van der Waals surface area contributed by atoms with Gasteiger partial charge in [-0.3, -0.25) is 14.4 Å². The summed E-state index contributed by atoms with van der Waals surface area (Å²) < 4.78 is 4.86. The van der Waals surface area contributed by atoms with Crippen LogP contribution in [0.2, 0.25) is 0 Å². The number of hydrogen-bond acceptors (Lipinski definition) is 6. The van der Waals surface area contributed by atoms with Gasteiger partial charge in [0.2, 0.25) is 5.78 Å². The van der Waals surface area contributed by atoms with E-state index in [1.54, 1.807) is 12.2 Å². The van der Waals surface area contributed by atoms with E-state index in [4.69, 9.17) is 4.74 Å². The van der Waals surface area contributed by atoms with Crippen LogP contribution in [-0.2, 0) is 19.1 Å². The second-order valence-corrected chi connectivity index (χ2v) is 9.48. The number of aliphatic hydroxyl groups is 2. The molecule has 0 aromatic carbocycles. The largest absolute Gasteiger partial charge is 0.458 e. The first-order valence-corrected chi connectivity index (χ1v) is 10.2. The summed E-state index contributed by atoms with van der Waals surface area (Å²) in [5, 5.41) is 22.7. The SMILES string of the molecule is CC(=O)OCC(=O)[C@@]1(O)CC[C@@H]2[C@@H]3C=CC4=CC(=O)C=C[C@]4(C)[C@H]3[C@@H](O)C[C@@]21C. The third kappa shape index (κ3) is 2.72. The van der Waals surface area contributed by atoms with E-state index >= 15 is 0 Å². The first-order chi connectivity index (χ1) is 13.5. The van der Waals surface area contributed by atoms with E-state index in [1.807, 2.05) is 32.1 Å². The highest BCUT2D eigenvalue weighted by Gasteiger charge is 2.67. The van der Waals surface area contributed by atoms with E-state index in [0.717, 1.165) is 5.57 Å². The van der Waals surface area contributed by atoms with Crippen LogP contribution in [0.4, 0.5) is 0 Å². The van der Waals surface area contributed by atoms with Crippen LogP contribution in [0.3, 0.4) is 0 Å². The minimum absolute atomic E-state index is 0.00262. The molecule has 4 rings (SSSR count). The number of esters is 1. The Hall–Kier alpha value is -2.05. The van der Waals surface area contributed by atoms with Gasteiger partial charge in [-0.2, -0.15) is 0 Å². The molecule has 6 heteroatoms. The van der Waals surface area contributed by atoms with Crippen LogP contribution in [0.15, 0.2) is 36.0 Å². The van der Waals surface area contributed by atoms with E-state index in [-0.39, 0.29) is 36.4 Å². The van der Waals surface area contributed by atoms with Crippen molar-refractivity contribution in [2.45, 2.75) is 51.7 Å². The van der Waals surface area contributed by atoms with Crippen LogP contribution in [0.25, 0.3) is 0 Å². The van der Waals surface area contributed by atoms with Crippen LogP contribution in [0.1, 0.15) is 40.0 Å².